The topological polar surface area (TPSA) is 175 Å². The number of anilines is 3. The van der Waals surface area contributed by atoms with Gasteiger partial charge in [0.05, 0.1) is 33.4 Å². The Morgan fingerprint density at radius 2 is 1.66 bits per heavy atom. The average molecular weight is 972 g/mol. The van der Waals surface area contributed by atoms with Crippen LogP contribution in [0.15, 0.2) is 91.0 Å². The molecule has 71 heavy (non-hydrogen) atoms. The number of para-hydroxylation sites is 1. The van der Waals surface area contributed by atoms with E-state index in [0.717, 1.165) is 125 Å². The number of piperazine rings is 1. The molecule has 1 aliphatic carbocycles. The summed E-state index contributed by atoms with van der Waals surface area (Å²) < 4.78 is 9.54. The highest BCUT2D eigenvalue weighted by Gasteiger charge is 2.33. The maximum absolute atomic E-state index is 13.7. The summed E-state index contributed by atoms with van der Waals surface area (Å²) in [7, 11) is 1.91. The Hall–Kier alpha value is -7.17. The van der Waals surface area contributed by atoms with Crippen molar-refractivity contribution >= 4 is 72.8 Å². The van der Waals surface area contributed by atoms with Gasteiger partial charge in [-0.1, -0.05) is 47.7 Å². The lowest BCUT2D eigenvalue weighted by Gasteiger charge is -2.37. The molecule has 11 rings (SSSR count). The van der Waals surface area contributed by atoms with Gasteiger partial charge in [-0.2, -0.15) is 5.10 Å². The highest BCUT2D eigenvalue weighted by molar-refractivity contribution is 7.22. The quantitative estimate of drug-likeness (QED) is 0.0995. The number of carbonyl (C=O) groups excluding carboxylic acids is 3. The van der Waals surface area contributed by atoms with Crippen molar-refractivity contribution in [3.8, 4) is 16.9 Å². The van der Waals surface area contributed by atoms with E-state index in [4.69, 9.17) is 14.8 Å². The number of ether oxygens (including phenoxy) is 1. The van der Waals surface area contributed by atoms with Crippen molar-refractivity contribution < 1.29 is 29.0 Å². The number of aryl methyl sites for hydroxylation is 1. The molecule has 16 heteroatoms. The van der Waals surface area contributed by atoms with Gasteiger partial charge in [0.15, 0.2) is 10.8 Å². The molecule has 7 aromatic rings. The van der Waals surface area contributed by atoms with E-state index in [1.165, 1.54) is 11.3 Å². The number of hydrogen-bond acceptors (Lipinski definition) is 12. The van der Waals surface area contributed by atoms with E-state index in [0.29, 0.717) is 60.3 Å². The number of rotatable bonds is 12. The second kappa shape index (κ2) is 19.6. The van der Waals surface area contributed by atoms with Gasteiger partial charge in [-0.3, -0.25) is 34.6 Å². The number of carbonyl (C=O) groups is 4. The van der Waals surface area contributed by atoms with Crippen LogP contribution in [0.2, 0.25) is 0 Å². The Kier molecular flexibility index (Phi) is 12.7. The predicted octanol–water partition coefficient (Wildman–Crippen LogP) is 8.74. The minimum absolute atomic E-state index is 0.0226. The second-order valence-corrected chi connectivity index (χ2v) is 20.5. The summed E-state index contributed by atoms with van der Waals surface area (Å²) in [6.07, 6.45) is 6.93. The van der Waals surface area contributed by atoms with Crippen molar-refractivity contribution in [3.63, 3.8) is 0 Å². The van der Waals surface area contributed by atoms with E-state index in [9.17, 15) is 24.3 Å². The first-order valence-corrected chi connectivity index (χ1v) is 25.7. The summed E-state index contributed by atoms with van der Waals surface area (Å²) in [6, 6.07) is 29.6. The monoisotopic (exact) mass is 971 g/mol. The standard InChI is InChI=1S/C55H57N9O6S/c1-33-38(39-19-21-48(57-51(39)54(68)69)64-26-24-35-7-5-9-40(43(35)32-64)52(66)59-55-56-44-10-3-4-12-47(44)71-55)8-6-11-46(33)70-37-16-13-34(14-17-37)23-25-62-27-29-63(30-28-62)36-15-18-41-45(31-36)61(2)60-50(41)42-20-22-49(65)58-53(42)67/h3-12,15,18-19,21,31,34,37,42H,13-14,16-17,20,22-30,32H2,1-2H3,(H,68,69)(H,56,59,66)(H,58,65,67)/t34-,37-,42?. The number of carboxylic acids is 1. The molecule has 4 aromatic carbocycles. The fraction of sp³-hybridized carbons (Fsp3) is 0.364. The normalized spacial score (nSPS) is 19.7. The molecule has 3 amide bonds. The SMILES string of the molecule is Cc1c(O[C@H]2CC[C@H](CCN3CCN(c4ccc5c(C6CCC(=O)NC6=O)nn(C)c5c4)CC3)CC2)cccc1-c1ccc(N2CCc3cccc(C(=O)Nc4nc5ccccc5s4)c3C2)nc1C(=O)O. The molecular formula is C55H57N9O6S. The molecule has 6 heterocycles. The number of hydrogen-bond donors (Lipinski definition) is 3. The van der Waals surface area contributed by atoms with Crippen LogP contribution in [0.5, 0.6) is 5.75 Å². The minimum atomic E-state index is -1.10. The Morgan fingerprint density at radius 3 is 2.46 bits per heavy atom. The first kappa shape index (κ1) is 46.2. The van der Waals surface area contributed by atoms with Crippen LogP contribution in [0.3, 0.4) is 0 Å². The summed E-state index contributed by atoms with van der Waals surface area (Å²) in [6.45, 7) is 8.01. The molecule has 364 valence electrons. The number of carboxylic acid groups (broad SMARTS) is 1. The van der Waals surface area contributed by atoms with Crippen molar-refractivity contribution in [1.29, 1.82) is 0 Å². The zero-order valence-electron chi connectivity index (χ0n) is 40.0. The van der Waals surface area contributed by atoms with Gasteiger partial charge < -0.3 is 19.6 Å². The van der Waals surface area contributed by atoms with Crippen molar-refractivity contribution in [3.05, 3.63) is 125 Å². The highest BCUT2D eigenvalue weighted by atomic mass is 32.1. The molecule has 0 spiro atoms. The Labute approximate surface area is 415 Å². The molecule has 1 atom stereocenters. The number of thiazole rings is 1. The van der Waals surface area contributed by atoms with Crippen LogP contribution in [-0.2, 0) is 29.6 Å². The lowest BCUT2D eigenvalue weighted by Crippen LogP contribution is -2.47. The van der Waals surface area contributed by atoms with Crippen LogP contribution < -0.4 is 25.2 Å². The lowest BCUT2D eigenvalue weighted by molar-refractivity contribution is -0.134. The number of aromatic carboxylic acids is 1. The van der Waals surface area contributed by atoms with Gasteiger partial charge in [0.25, 0.3) is 5.91 Å². The van der Waals surface area contributed by atoms with Crippen LogP contribution in [-0.4, -0.2) is 98.8 Å². The van der Waals surface area contributed by atoms with Gasteiger partial charge >= 0.3 is 5.97 Å². The van der Waals surface area contributed by atoms with Gasteiger partial charge in [-0.15, -0.1) is 0 Å². The van der Waals surface area contributed by atoms with E-state index in [2.05, 4.69) is 43.6 Å². The zero-order valence-corrected chi connectivity index (χ0v) is 40.8. The van der Waals surface area contributed by atoms with Gasteiger partial charge in [-0.05, 0) is 141 Å². The molecule has 15 nitrogen and oxygen atoms in total. The number of aromatic nitrogens is 4. The molecule has 3 N–H and O–H groups in total. The van der Waals surface area contributed by atoms with Crippen LogP contribution in [0.4, 0.5) is 16.6 Å². The average Bonchev–Trinajstić information content (AvgIpc) is 3.95. The number of nitrogens with zero attached hydrogens (tertiary/aromatic N) is 7. The van der Waals surface area contributed by atoms with Crippen molar-refractivity contribution in [2.75, 3.05) is 54.4 Å². The molecule has 0 radical (unpaired) electrons. The maximum atomic E-state index is 13.7. The number of piperidine rings is 1. The van der Waals surface area contributed by atoms with Gasteiger partial charge in [0, 0.05) is 74.9 Å². The van der Waals surface area contributed by atoms with E-state index in [1.807, 2.05) is 96.3 Å². The van der Waals surface area contributed by atoms with Gasteiger partial charge in [0.1, 0.15) is 11.6 Å². The summed E-state index contributed by atoms with van der Waals surface area (Å²) in [5.41, 5.74) is 8.46. The van der Waals surface area contributed by atoms with E-state index in [-0.39, 0.29) is 29.5 Å². The molecule has 2 saturated heterocycles. The molecule has 4 aliphatic rings. The number of pyridine rings is 1. The van der Waals surface area contributed by atoms with Crippen molar-refractivity contribution in [1.82, 2.24) is 30.0 Å². The third kappa shape index (κ3) is 9.45. The molecule has 1 unspecified atom stereocenters. The van der Waals surface area contributed by atoms with Crippen LogP contribution in [0, 0.1) is 12.8 Å². The minimum Gasteiger partial charge on any atom is -0.490 e. The fourth-order valence-electron chi connectivity index (χ4n) is 11.1. The maximum Gasteiger partial charge on any atom is 0.355 e. The third-order valence-electron chi connectivity index (χ3n) is 15.1. The Morgan fingerprint density at radius 1 is 0.845 bits per heavy atom. The van der Waals surface area contributed by atoms with E-state index in [1.54, 1.807) is 0 Å². The number of nitrogens with one attached hydrogen (secondary N) is 2. The van der Waals surface area contributed by atoms with Gasteiger partial charge in [0.2, 0.25) is 11.8 Å². The predicted molar refractivity (Wildman–Crippen MR) is 276 cm³/mol. The fourth-order valence-corrected chi connectivity index (χ4v) is 12.0. The summed E-state index contributed by atoms with van der Waals surface area (Å²) in [4.78, 5) is 67.3. The van der Waals surface area contributed by atoms with Crippen LogP contribution >= 0.6 is 11.3 Å². The largest absolute Gasteiger partial charge is 0.490 e. The molecular weight excluding hydrogens is 915 g/mol. The summed E-state index contributed by atoms with van der Waals surface area (Å²) in [5, 5.41) is 22.2. The molecule has 1 saturated carbocycles. The molecule has 3 fully saturated rings. The van der Waals surface area contributed by atoms with Crippen LogP contribution in [0.1, 0.15) is 94.1 Å². The molecule has 3 aliphatic heterocycles. The van der Waals surface area contributed by atoms with Crippen molar-refractivity contribution in [2.24, 2.45) is 13.0 Å². The Bertz CT molecular complexity index is 3170. The van der Waals surface area contributed by atoms with Crippen molar-refractivity contribution in [2.45, 2.75) is 76.9 Å². The van der Waals surface area contributed by atoms with E-state index >= 15 is 0 Å². The second-order valence-electron chi connectivity index (χ2n) is 19.4. The molecule has 3 aromatic heterocycles. The smallest absolute Gasteiger partial charge is 0.355 e. The first-order valence-electron chi connectivity index (χ1n) is 24.8. The Balaban J connectivity index is 0.680. The number of benzene rings is 4. The number of fused-ring (bicyclic) bond motifs is 3. The molecule has 0 bridgehead atoms. The van der Waals surface area contributed by atoms with Crippen LogP contribution in [0.25, 0.3) is 32.2 Å². The first-order chi connectivity index (χ1) is 34.5. The van der Waals surface area contributed by atoms with Gasteiger partial charge in [-0.25, -0.2) is 14.8 Å². The summed E-state index contributed by atoms with van der Waals surface area (Å²) >= 11 is 1.44. The lowest BCUT2D eigenvalue weighted by atomic mass is 9.85. The summed E-state index contributed by atoms with van der Waals surface area (Å²) in [5.74, 6) is -0.265. The van der Waals surface area contributed by atoms with E-state index < -0.39 is 11.9 Å². The highest BCUT2D eigenvalue weighted by Crippen LogP contribution is 2.38. The third-order valence-corrected chi connectivity index (χ3v) is 16.1. The number of imide groups is 1. The zero-order chi connectivity index (χ0) is 48.8. The number of amides is 3.